The Morgan fingerprint density at radius 3 is 1.89 bits per heavy atom. The van der Waals surface area contributed by atoms with Crippen molar-refractivity contribution in [2.75, 3.05) is 28.4 Å². The second-order valence-electron chi connectivity index (χ2n) is 6.51. The minimum atomic E-state index is -3.77. The molecule has 0 saturated carbocycles. The largest absolute Gasteiger partial charge is 0.326 e. The second-order valence-corrected chi connectivity index (χ2v) is 8.20. The lowest BCUT2D eigenvalue weighted by Crippen LogP contribution is -2.32. The first-order valence-electron chi connectivity index (χ1n) is 8.90. The minimum Gasteiger partial charge on any atom is -0.326 e. The number of hydrogen-bond acceptors (Lipinski definition) is 4. The van der Waals surface area contributed by atoms with Crippen molar-refractivity contribution < 1.29 is 18.0 Å². The average Bonchev–Trinajstić information content (AvgIpc) is 3.18. The predicted octanol–water partition coefficient (Wildman–Crippen LogP) is 3.07. The van der Waals surface area contributed by atoms with Crippen molar-refractivity contribution in [3.8, 4) is 0 Å². The van der Waals surface area contributed by atoms with Crippen LogP contribution in [0.5, 0.6) is 0 Å². The molecule has 1 aliphatic rings. The highest BCUT2D eigenvalue weighted by atomic mass is 32.2. The van der Waals surface area contributed by atoms with Crippen molar-refractivity contribution in [2.24, 2.45) is 0 Å². The lowest BCUT2D eigenvalue weighted by Gasteiger charge is -2.16. The number of likely N-dealkylation sites (tertiary alicyclic amines) is 1. The molecule has 0 unspecified atom stereocenters. The summed E-state index contributed by atoms with van der Waals surface area (Å²) in [5.41, 5.74) is 1.49. The van der Waals surface area contributed by atoms with Gasteiger partial charge in [0.25, 0.3) is 10.0 Å². The van der Waals surface area contributed by atoms with Gasteiger partial charge in [0.1, 0.15) is 0 Å². The standard InChI is InChI=1S/C19H22N4O4S/c1-14(24)20-15-4-6-17(7-5-15)22-28(26,27)18-10-8-16(9-11-18)21-19(25)23-12-2-3-13-23/h4-11,22H,2-3,12-13H2,1H3,(H,20,24)(H,21,25). The molecule has 0 radical (unpaired) electrons. The quantitative estimate of drug-likeness (QED) is 0.714. The molecule has 1 saturated heterocycles. The number of amides is 3. The Bertz CT molecular complexity index is 950. The van der Waals surface area contributed by atoms with Crippen molar-refractivity contribution in [1.29, 1.82) is 0 Å². The third-order valence-electron chi connectivity index (χ3n) is 4.27. The van der Waals surface area contributed by atoms with E-state index >= 15 is 0 Å². The molecule has 0 bridgehead atoms. The van der Waals surface area contributed by atoms with E-state index in [2.05, 4.69) is 15.4 Å². The molecule has 2 aromatic rings. The van der Waals surface area contributed by atoms with E-state index in [4.69, 9.17) is 0 Å². The molecule has 148 valence electrons. The molecule has 2 aromatic carbocycles. The van der Waals surface area contributed by atoms with Crippen LogP contribution in [0, 0.1) is 0 Å². The lowest BCUT2D eigenvalue weighted by atomic mass is 10.3. The molecular weight excluding hydrogens is 380 g/mol. The van der Waals surface area contributed by atoms with Gasteiger partial charge in [0.2, 0.25) is 5.91 Å². The van der Waals surface area contributed by atoms with Crippen molar-refractivity contribution >= 4 is 39.0 Å². The first kappa shape index (κ1) is 19.7. The summed E-state index contributed by atoms with van der Waals surface area (Å²) in [7, 11) is -3.77. The Labute approximate surface area is 164 Å². The van der Waals surface area contributed by atoms with Crippen LogP contribution in [0.25, 0.3) is 0 Å². The zero-order valence-electron chi connectivity index (χ0n) is 15.4. The number of rotatable bonds is 5. The smallest absolute Gasteiger partial charge is 0.321 e. The molecule has 1 heterocycles. The van der Waals surface area contributed by atoms with E-state index in [0.29, 0.717) is 17.1 Å². The summed E-state index contributed by atoms with van der Waals surface area (Å²) in [6.45, 7) is 2.87. The zero-order valence-corrected chi connectivity index (χ0v) is 16.3. The Hall–Kier alpha value is -3.07. The summed E-state index contributed by atoms with van der Waals surface area (Å²) in [6.07, 6.45) is 2.00. The molecule has 9 heteroatoms. The number of nitrogens with zero attached hydrogens (tertiary/aromatic N) is 1. The van der Waals surface area contributed by atoms with Crippen LogP contribution in [-0.4, -0.2) is 38.3 Å². The number of sulfonamides is 1. The number of urea groups is 1. The van der Waals surface area contributed by atoms with Gasteiger partial charge in [0.05, 0.1) is 4.90 Å². The molecule has 1 aliphatic heterocycles. The van der Waals surface area contributed by atoms with Gasteiger partial charge in [-0.1, -0.05) is 0 Å². The fraction of sp³-hybridized carbons (Fsp3) is 0.263. The molecule has 1 fully saturated rings. The van der Waals surface area contributed by atoms with Gasteiger partial charge >= 0.3 is 6.03 Å². The van der Waals surface area contributed by atoms with Gasteiger partial charge in [-0.25, -0.2) is 13.2 Å². The molecule has 0 atom stereocenters. The van der Waals surface area contributed by atoms with Crippen LogP contribution in [0.1, 0.15) is 19.8 Å². The highest BCUT2D eigenvalue weighted by molar-refractivity contribution is 7.92. The normalized spacial score (nSPS) is 13.8. The Balaban J connectivity index is 1.64. The third kappa shape index (κ3) is 5.01. The van der Waals surface area contributed by atoms with Gasteiger partial charge in [-0.3, -0.25) is 9.52 Å². The highest BCUT2D eigenvalue weighted by Gasteiger charge is 2.18. The number of carbonyl (C=O) groups is 2. The fourth-order valence-corrected chi connectivity index (χ4v) is 3.94. The van der Waals surface area contributed by atoms with E-state index in [1.807, 2.05) is 0 Å². The molecule has 0 spiro atoms. The van der Waals surface area contributed by atoms with E-state index in [9.17, 15) is 18.0 Å². The zero-order chi connectivity index (χ0) is 20.1. The predicted molar refractivity (Wildman–Crippen MR) is 108 cm³/mol. The van der Waals surface area contributed by atoms with Crippen molar-refractivity contribution in [1.82, 2.24) is 4.90 Å². The minimum absolute atomic E-state index is 0.0811. The van der Waals surface area contributed by atoms with Crippen LogP contribution in [0.2, 0.25) is 0 Å². The Morgan fingerprint density at radius 1 is 0.821 bits per heavy atom. The summed E-state index contributed by atoms with van der Waals surface area (Å²) in [5.74, 6) is -0.203. The van der Waals surface area contributed by atoms with Gasteiger partial charge in [0.15, 0.2) is 0 Å². The first-order valence-corrected chi connectivity index (χ1v) is 10.4. The van der Waals surface area contributed by atoms with Gasteiger partial charge < -0.3 is 15.5 Å². The number of anilines is 3. The maximum Gasteiger partial charge on any atom is 0.321 e. The third-order valence-corrected chi connectivity index (χ3v) is 5.66. The molecule has 8 nitrogen and oxygen atoms in total. The van der Waals surface area contributed by atoms with Crippen LogP contribution < -0.4 is 15.4 Å². The van der Waals surface area contributed by atoms with E-state index in [1.54, 1.807) is 41.3 Å². The number of hydrogen-bond donors (Lipinski definition) is 3. The summed E-state index contributed by atoms with van der Waals surface area (Å²) in [6, 6.07) is 12.2. The average molecular weight is 402 g/mol. The fourth-order valence-electron chi connectivity index (χ4n) is 2.88. The van der Waals surface area contributed by atoms with Gasteiger partial charge in [-0.2, -0.15) is 0 Å². The number of benzene rings is 2. The van der Waals surface area contributed by atoms with Crippen LogP contribution in [-0.2, 0) is 14.8 Å². The summed E-state index contributed by atoms with van der Waals surface area (Å²) >= 11 is 0. The molecule has 3 amide bonds. The first-order chi connectivity index (χ1) is 13.3. The van der Waals surface area contributed by atoms with Crippen LogP contribution in [0.3, 0.4) is 0 Å². The molecule has 28 heavy (non-hydrogen) atoms. The number of nitrogens with one attached hydrogen (secondary N) is 3. The van der Waals surface area contributed by atoms with Crippen molar-refractivity contribution in [2.45, 2.75) is 24.7 Å². The van der Waals surface area contributed by atoms with Crippen LogP contribution >= 0.6 is 0 Å². The van der Waals surface area contributed by atoms with Crippen LogP contribution in [0.4, 0.5) is 21.9 Å². The van der Waals surface area contributed by atoms with Crippen LogP contribution in [0.15, 0.2) is 53.4 Å². The van der Waals surface area contributed by atoms with E-state index in [-0.39, 0.29) is 16.8 Å². The van der Waals surface area contributed by atoms with Crippen molar-refractivity contribution in [3.05, 3.63) is 48.5 Å². The summed E-state index contributed by atoms with van der Waals surface area (Å²) in [5, 5.41) is 5.39. The van der Waals surface area contributed by atoms with E-state index in [0.717, 1.165) is 25.9 Å². The number of carbonyl (C=O) groups excluding carboxylic acids is 2. The Kier molecular flexibility index (Phi) is 5.84. The maximum atomic E-state index is 12.5. The molecule has 0 aromatic heterocycles. The highest BCUT2D eigenvalue weighted by Crippen LogP contribution is 2.20. The monoisotopic (exact) mass is 402 g/mol. The van der Waals surface area contributed by atoms with Gasteiger partial charge in [-0.15, -0.1) is 0 Å². The molecule has 0 aliphatic carbocycles. The van der Waals surface area contributed by atoms with E-state index < -0.39 is 10.0 Å². The SMILES string of the molecule is CC(=O)Nc1ccc(NS(=O)(=O)c2ccc(NC(=O)N3CCCC3)cc2)cc1. The van der Waals surface area contributed by atoms with Crippen molar-refractivity contribution in [3.63, 3.8) is 0 Å². The second kappa shape index (κ2) is 8.30. The van der Waals surface area contributed by atoms with Gasteiger partial charge in [-0.05, 0) is 61.4 Å². The summed E-state index contributed by atoms with van der Waals surface area (Å²) < 4.78 is 27.5. The maximum absolute atomic E-state index is 12.5. The molecule has 3 rings (SSSR count). The molecular formula is C19H22N4O4S. The lowest BCUT2D eigenvalue weighted by molar-refractivity contribution is -0.114. The van der Waals surface area contributed by atoms with Gasteiger partial charge in [0, 0.05) is 37.1 Å². The van der Waals surface area contributed by atoms with E-state index in [1.165, 1.54) is 19.1 Å². The topological polar surface area (TPSA) is 108 Å². The molecule has 3 N–H and O–H groups in total. The Morgan fingerprint density at radius 2 is 1.32 bits per heavy atom. The summed E-state index contributed by atoms with van der Waals surface area (Å²) in [4.78, 5) is 24.9.